The van der Waals surface area contributed by atoms with Gasteiger partial charge in [-0.15, -0.1) is 0 Å². The molecule has 4 heteroatoms. The molecule has 0 aromatic carbocycles. The highest BCUT2D eigenvalue weighted by atomic mass is 28.4. The summed E-state index contributed by atoms with van der Waals surface area (Å²) >= 11 is 0. The van der Waals surface area contributed by atoms with Crippen LogP contribution in [0, 0.1) is 11.3 Å². The molecule has 0 aromatic heterocycles. The number of rotatable bonds is 4. The molecule has 16 heavy (non-hydrogen) atoms. The van der Waals surface area contributed by atoms with Crippen LogP contribution in [0.1, 0.15) is 32.6 Å². The van der Waals surface area contributed by atoms with Crippen LogP contribution in [0.25, 0.3) is 0 Å². The summed E-state index contributed by atoms with van der Waals surface area (Å²) in [6.07, 6.45) is 3.78. The highest BCUT2D eigenvalue weighted by Crippen LogP contribution is 2.32. The van der Waals surface area contributed by atoms with Crippen molar-refractivity contribution >= 4 is 8.32 Å². The normalized spacial score (nSPS) is 31.1. The minimum atomic E-state index is -1.67. The van der Waals surface area contributed by atoms with Crippen LogP contribution in [0.5, 0.6) is 0 Å². The van der Waals surface area contributed by atoms with Gasteiger partial charge >= 0.3 is 0 Å². The number of ether oxygens (including phenoxy) is 1. The van der Waals surface area contributed by atoms with E-state index in [2.05, 4.69) is 32.6 Å². The second-order valence-corrected chi connectivity index (χ2v) is 9.98. The van der Waals surface area contributed by atoms with Crippen LogP contribution in [-0.2, 0) is 9.16 Å². The molecule has 1 aliphatic heterocycles. The van der Waals surface area contributed by atoms with E-state index in [-0.39, 0.29) is 6.10 Å². The summed E-state index contributed by atoms with van der Waals surface area (Å²) in [5.41, 5.74) is -0.581. The van der Waals surface area contributed by atoms with Gasteiger partial charge in [-0.05, 0) is 26.1 Å². The summed E-state index contributed by atoms with van der Waals surface area (Å²) in [6.45, 7) is 9.21. The summed E-state index contributed by atoms with van der Waals surface area (Å²) in [5.74, 6) is 0. The van der Waals surface area contributed by atoms with Crippen LogP contribution in [0.4, 0.5) is 0 Å². The molecule has 0 N–H and O–H groups in total. The van der Waals surface area contributed by atoms with Gasteiger partial charge in [-0.1, -0.05) is 13.3 Å². The molecule has 0 radical (unpaired) electrons. The van der Waals surface area contributed by atoms with E-state index in [4.69, 9.17) is 9.16 Å². The number of hydrogen-bond donors (Lipinski definition) is 0. The standard InChI is InChI=1S/C12H23NO2Si/c1-5-6-11-9-12(10-13,7-8-14-11)15-16(2,3)4/h11H,5-9H2,1-4H3. The van der Waals surface area contributed by atoms with Gasteiger partial charge in [0.05, 0.1) is 18.8 Å². The maximum absolute atomic E-state index is 9.38. The van der Waals surface area contributed by atoms with Gasteiger partial charge in [0.2, 0.25) is 0 Å². The molecule has 1 aliphatic rings. The van der Waals surface area contributed by atoms with Gasteiger partial charge in [0, 0.05) is 12.8 Å². The first-order valence-corrected chi connectivity index (χ1v) is 9.55. The summed E-state index contributed by atoms with van der Waals surface area (Å²) in [5, 5.41) is 9.38. The molecule has 1 heterocycles. The van der Waals surface area contributed by atoms with Crippen LogP contribution >= 0.6 is 0 Å². The summed E-state index contributed by atoms with van der Waals surface area (Å²) in [7, 11) is -1.67. The topological polar surface area (TPSA) is 42.2 Å². The first-order chi connectivity index (χ1) is 7.41. The van der Waals surface area contributed by atoms with Gasteiger partial charge in [0.25, 0.3) is 0 Å². The molecule has 2 atom stereocenters. The summed E-state index contributed by atoms with van der Waals surface area (Å²) in [4.78, 5) is 0. The molecule has 0 bridgehead atoms. The molecule has 1 fully saturated rings. The minimum absolute atomic E-state index is 0.203. The predicted molar refractivity (Wildman–Crippen MR) is 66.7 cm³/mol. The summed E-state index contributed by atoms with van der Waals surface area (Å²) in [6, 6.07) is 2.39. The first kappa shape index (κ1) is 13.7. The van der Waals surface area contributed by atoms with Crippen molar-refractivity contribution in [2.75, 3.05) is 6.61 Å². The lowest BCUT2D eigenvalue weighted by Crippen LogP contribution is -2.48. The van der Waals surface area contributed by atoms with Crippen molar-refractivity contribution < 1.29 is 9.16 Å². The van der Waals surface area contributed by atoms with Crippen LogP contribution in [-0.4, -0.2) is 26.6 Å². The zero-order valence-corrected chi connectivity index (χ0v) is 11.9. The molecule has 0 saturated carbocycles. The van der Waals surface area contributed by atoms with Gasteiger partial charge < -0.3 is 9.16 Å². The molecule has 2 unspecified atom stereocenters. The largest absolute Gasteiger partial charge is 0.400 e. The van der Waals surface area contributed by atoms with Crippen molar-refractivity contribution in [3.63, 3.8) is 0 Å². The molecule has 3 nitrogen and oxygen atoms in total. The molecule has 0 spiro atoms. The Hall–Kier alpha value is -0.373. The van der Waals surface area contributed by atoms with Crippen LogP contribution in [0.3, 0.4) is 0 Å². The fourth-order valence-electron chi connectivity index (χ4n) is 2.23. The zero-order chi connectivity index (χ0) is 12.2. The first-order valence-electron chi connectivity index (χ1n) is 6.14. The third-order valence-electron chi connectivity index (χ3n) is 2.73. The average molecular weight is 241 g/mol. The molecule has 0 aliphatic carbocycles. The van der Waals surface area contributed by atoms with E-state index in [1.54, 1.807) is 0 Å². The maximum Gasteiger partial charge on any atom is 0.185 e. The molecular weight excluding hydrogens is 218 g/mol. The van der Waals surface area contributed by atoms with Crippen LogP contribution < -0.4 is 0 Å². The van der Waals surface area contributed by atoms with E-state index in [1.165, 1.54) is 0 Å². The number of hydrogen-bond acceptors (Lipinski definition) is 3. The Bertz CT molecular complexity index is 267. The van der Waals surface area contributed by atoms with Gasteiger partial charge in [-0.2, -0.15) is 5.26 Å². The summed E-state index contributed by atoms with van der Waals surface area (Å²) < 4.78 is 11.8. The monoisotopic (exact) mass is 241 g/mol. The number of nitrogens with zero attached hydrogens (tertiary/aromatic N) is 1. The molecule has 0 amide bonds. The fourth-order valence-corrected chi connectivity index (χ4v) is 3.63. The van der Waals surface area contributed by atoms with Crippen molar-refractivity contribution in [3.8, 4) is 6.07 Å². The highest BCUT2D eigenvalue weighted by Gasteiger charge is 2.41. The Morgan fingerprint density at radius 1 is 1.50 bits per heavy atom. The van der Waals surface area contributed by atoms with E-state index < -0.39 is 13.9 Å². The lowest BCUT2D eigenvalue weighted by Gasteiger charge is -2.39. The van der Waals surface area contributed by atoms with E-state index in [9.17, 15) is 5.26 Å². The molecule has 92 valence electrons. The van der Waals surface area contributed by atoms with Crippen molar-refractivity contribution in [1.82, 2.24) is 0 Å². The SMILES string of the molecule is CCCC1CC(C#N)(O[Si](C)(C)C)CCO1. The highest BCUT2D eigenvalue weighted by molar-refractivity contribution is 6.69. The Morgan fingerprint density at radius 3 is 2.69 bits per heavy atom. The van der Waals surface area contributed by atoms with Crippen molar-refractivity contribution in [2.24, 2.45) is 0 Å². The number of nitriles is 1. The van der Waals surface area contributed by atoms with Crippen LogP contribution in [0.15, 0.2) is 0 Å². The Morgan fingerprint density at radius 2 is 2.19 bits per heavy atom. The Balaban J connectivity index is 2.69. The average Bonchev–Trinajstić information content (AvgIpc) is 2.16. The van der Waals surface area contributed by atoms with Gasteiger partial charge in [-0.3, -0.25) is 0 Å². The van der Waals surface area contributed by atoms with Gasteiger partial charge in [-0.25, -0.2) is 0 Å². The lowest BCUT2D eigenvalue weighted by atomic mass is 9.90. The third kappa shape index (κ3) is 3.89. The smallest absolute Gasteiger partial charge is 0.185 e. The second-order valence-electron chi connectivity index (χ2n) is 5.56. The quantitative estimate of drug-likeness (QED) is 0.710. The predicted octanol–water partition coefficient (Wildman–Crippen LogP) is 3.08. The maximum atomic E-state index is 9.38. The van der Waals surface area contributed by atoms with Crippen LogP contribution in [0.2, 0.25) is 19.6 Å². The van der Waals surface area contributed by atoms with E-state index >= 15 is 0 Å². The molecular formula is C12H23NO2Si. The molecule has 0 aromatic rings. The van der Waals surface area contributed by atoms with E-state index in [0.717, 1.165) is 19.3 Å². The van der Waals surface area contributed by atoms with Crippen molar-refractivity contribution in [2.45, 2.75) is 64.0 Å². The van der Waals surface area contributed by atoms with Gasteiger partial charge in [0.15, 0.2) is 8.32 Å². The van der Waals surface area contributed by atoms with E-state index in [0.29, 0.717) is 13.0 Å². The Kier molecular flexibility index (Phi) is 4.54. The molecule has 1 rings (SSSR count). The Labute approximate surface area is 99.9 Å². The lowest BCUT2D eigenvalue weighted by molar-refractivity contribution is -0.0695. The van der Waals surface area contributed by atoms with Crippen molar-refractivity contribution in [1.29, 1.82) is 5.26 Å². The second kappa shape index (κ2) is 5.31. The zero-order valence-electron chi connectivity index (χ0n) is 10.9. The van der Waals surface area contributed by atoms with Gasteiger partial charge in [0.1, 0.15) is 5.60 Å². The minimum Gasteiger partial charge on any atom is -0.400 e. The van der Waals surface area contributed by atoms with Crippen molar-refractivity contribution in [3.05, 3.63) is 0 Å². The third-order valence-corrected chi connectivity index (χ3v) is 3.74. The molecule has 1 saturated heterocycles. The van der Waals surface area contributed by atoms with E-state index in [1.807, 2.05) is 0 Å². The fraction of sp³-hybridized carbons (Fsp3) is 0.917.